The first-order valence-electron chi connectivity index (χ1n) is 13.4. The van der Waals surface area contributed by atoms with Gasteiger partial charge in [0.05, 0.1) is 18.3 Å². The number of para-hydroxylation sites is 2. The lowest BCUT2D eigenvalue weighted by Crippen LogP contribution is -2.12. The number of rotatable bonds is 12. The molecule has 1 atom stereocenters. The quantitative estimate of drug-likeness (QED) is 0.148. The first kappa shape index (κ1) is 27.7. The van der Waals surface area contributed by atoms with Gasteiger partial charge in [0.2, 0.25) is 5.91 Å². The molecule has 6 heteroatoms. The Kier molecular flexibility index (Phi) is 9.21. The van der Waals surface area contributed by atoms with Crippen molar-refractivity contribution in [3.05, 3.63) is 102 Å². The summed E-state index contributed by atoms with van der Waals surface area (Å²) >= 11 is 0. The molecule has 4 aromatic rings. The third kappa shape index (κ3) is 7.38. The lowest BCUT2D eigenvalue weighted by atomic mass is 9.96. The Balaban J connectivity index is 1.50. The molecule has 0 spiro atoms. The Morgan fingerprint density at radius 1 is 1.00 bits per heavy atom. The molecule has 0 aliphatic carbocycles. The van der Waals surface area contributed by atoms with Gasteiger partial charge in [0.25, 0.3) is 0 Å². The van der Waals surface area contributed by atoms with Gasteiger partial charge in [-0.15, -0.1) is 0 Å². The van der Waals surface area contributed by atoms with Crippen LogP contribution in [0.4, 0.5) is 5.69 Å². The van der Waals surface area contributed by atoms with E-state index in [4.69, 9.17) is 9.84 Å². The van der Waals surface area contributed by atoms with Crippen molar-refractivity contribution in [3.63, 3.8) is 0 Å². The molecular formula is C33H36N2O4. The Labute approximate surface area is 229 Å². The molecule has 0 aliphatic heterocycles. The van der Waals surface area contributed by atoms with Crippen molar-refractivity contribution >= 4 is 34.0 Å². The summed E-state index contributed by atoms with van der Waals surface area (Å²) in [5.74, 6) is -0.0507. The van der Waals surface area contributed by atoms with E-state index in [9.17, 15) is 9.59 Å². The Bertz CT molecular complexity index is 1450. The van der Waals surface area contributed by atoms with Gasteiger partial charge in [-0.05, 0) is 72.7 Å². The molecule has 202 valence electrons. The molecule has 1 amide bonds. The molecule has 0 radical (unpaired) electrons. The first-order chi connectivity index (χ1) is 18.8. The third-order valence-electron chi connectivity index (χ3n) is 6.68. The average molecular weight is 525 g/mol. The zero-order chi connectivity index (χ0) is 27.8. The van der Waals surface area contributed by atoms with Crippen molar-refractivity contribution in [1.82, 2.24) is 4.57 Å². The second kappa shape index (κ2) is 13.0. The second-order valence-corrected chi connectivity index (χ2v) is 10.2. The van der Waals surface area contributed by atoms with E-state index < -0.39 is 5.97 Å². The molecule has 1 heterocycles. The van der Waals surface area contributed by atoms with Gasteiger partial charge in [-0.3, -0.25) is 9.59 Å². The highest BCUT2D eigenvalue weighted by atomic mass is 16.5. The van der Waals surface area contributed by atoms with Crippen LogP contribution in [-0.4, -0.2) is 28.2 Å². The number of hydrogen-bond acceptors (Lipinski definition) is 3. The molecule has 2 N–H and O–H groups in total. The molecular weight excluding hydrogens is 488 g/mol. The molecule has 6 nitrogen and oxygen atoms in total. The van der Waals surface area contributed by atoms with E-state index in [1.807, 2.05) is 19.1 Å². The molecule has 1 unspecified atom stereocenters. The zero-order valence-corrected chi connectivity index (χ0v) is 22.8. The fourth-order valence-corrected chi connectivity index (χ4v) is 4.76. The highest BCUT2D eigenvalue weighted by molar-refractivity contribution is 6.04. The number of aliphatic carboxylic acids is 1. The van der Waals surface area contributed by atoms with Crippen molar-refractivity contribution in [3.8, 4) is 5.75 Å². The Morgan fingerprint density at radius 2 is 1.74 bits per heavy atom. The zero-order valence-electron chi connectivity index (χ0n) is 22.8. The number of allylic oxidation sites excluding steroid dienone is 1. The molecule has 0 saturated heterocycles. The van der Waals surface area contributed by atoms with Crippen LogP contribution in [0.15, 0.2) is 91.1 Å². The largest absolute Gasteiger partial charge is 0.491 e. The minimum atomic E-state index is -0.859. The summed E-state index contributed by atoms with van der Waals surface area (Å²) in [6, 6.07) is 26.5. The van der Waals surface area contributed by atoms with Crippen LogP contribution in [0.25, 0.3) is 16.5 Å². The number of fused-ring (bicyclic) bond motifs is 1. The molecule has 0 saturated carbocycles. The van der Waals surface area contributed by atoms with Crippen LogP contribution in [0.1, 0.15) is 57.2 Å². The molecule has 0 fully saturated rings. The molecule has 4 rings (SSSR count). The van der Waals surface area contributed by atoms with Crippen LogP contribution in [0.3, 0.4) is 0 Å². The standard InChI is InChI=1S/C33H36N2O4/c1-23(2)20-30(25-10-5-4-6-11-25)35-18-17-27-22-26(15-16-29(27)35)24(3)21-32(36)34-28-12-7-8-13-31(28)39-19-9-14-33(37)38/h4-8,10-13,15-18,21-23,30H,9,14,19-20H2,1-3H3,(H,34,36)(H,37,38)/b24-21+. The van der Waals surface area contributed by atoms with Crippen molar-refractivity contribution in [2.24, 2.45) is 5.92 Å². The number of carboxylic acid groups (broad SMARTS) is 1. The topological polar surface area (TPSA) is 80.6 Å². The van der Waals surface area contributed by atoms with E-state index in [1.54, 1.807) is 18.2 Å². The Hall–Kier alpha value is -4.32. The number of hydrogen-bond donors (Lipinski definition) is 2. The number of nitrogens with zero attached hydrogens (tertiary/aromatic N) is 1. The number of anilines is 1. The second-order valence-electron chi connectivity index (χ2n) is 10.2. The SMILES string of the molecule is C/C(=C\C(=O)Nc1ccccc1OCCCC(=O)O)c1ccc2c(ccn2C(CC(C)C)c2ccccc2)c1. The van der Waals surface area contributed by atoms with E-state index in [1.165, 1.54) is 11.1 Å². The smallest absolute Gasteiger partial charge is 0.303 e. The number of aromatic nitrogens is 1. The summed E-state index contributed by atoms with van der Waals surface area (Å²) in [5.41, 5.74) is 4.84. The molecule has 0 aliphatic rings. The first-order valence-corrected chi connectivity index (χ1v) is 13.4. The van der Waals surface area contributed by atoms with Crippen molar-refractivity contribution < 1.29 is 19.4 Å². The van der Waals surface area contributed by atoms with Gasteiger partial charge in [-0.25, -0.2) is 0 Å². The highest BCUT2D eigenvalue weighted by Gasteiger charge is 2.17. The van der Waals surface area contributed by atoms with Gasteiger partial charge in [0.15, 0.2) is 0 Å². The number of carbonyl (C=O) groups is 2. The van der Waals surface area contributed by atoms with E-state index in [0.717, 1.165) is 22.9 Å². The number of carbonyl (C=O) groups excluding carboxylic acids is 1. The van der Waals surface area contributed by atoms with Crippen LogP contribution in [-0.2, 0) is 9.59 Å². The van der Waals surface area contributed by atoms with Gasteiger partial charge in [0.1, 0.15) is 5.75 Å². The number of ether oxygens (including phenoxy) is 1. The van der Waals surface area contributed by atoms with Crippen LogP contribution >= 0.6 is 0 Å². The average Bonchev–Trinajstić information content (AvgIpc) is 3.34. The molecule has 1 aromatic heterocycles. The van der Waals surface area contributed by atoms with Crippen molar-refractivity contribution in [2.75, 3.05) is 11.9 Å². The number of benzene rings is 3. The van der Waals surface area contributed by atoms with Gasteiger partial charge in [-0.2, -0.15) is 0 Å². The summed E-state index contributed by atoms with van der Waals surface area (Å²) in [5, 5.41) is 12.8. The molecule has 0 bridgehead atoms. The summed E-state index contributed by atoms with van der Waals surface area (Å²) in [7, 11) is 0. The van der Waals surface area contributed by atoms with E-state index in [0.29, 0.717) is 23.8 Å². The maximum absolute atomic E-state index is 12.9. The van der Waals surface area contributed by atoms with Crippen LogP contribution in [0, 0.1) is 5.92 Å². The monoisotopic (exact) mass is 524 g/mol. The highest BCUT2D eigenvalue weighted by Crippen LogP contribution is 2.32. The van der Waals surface area contributed by atoms with Gasteiger partial charge < -0.3 is 19.7 Å². The predicted molar refractivity (Wildman–Crippen MR) is 157 cm³/mol. The minimum Gasteiger partial charge on any atom is -0.491 e. The minimum absolute atomic E-state index is 0.0365. The maximum Gasteiger partial charge on any atom is 0.303 e. The fraction of sp³-hybridized carbons (Fsp3) is 0.273. The number of amides is 1. The summed E-state index contributed by atoms with van der Waals surface area (Å²) in [6.07, 6.45) is 5.22. The lowest BCUT2D eigenvalue weighted by Gasteiger charge is -2.23. The van der Waals surface area contributed by atoms with Crippen molar-refractivity contribution in [1.29, 1.82) is 0 Å². The predicted octanol–water partition coefficient (Wildman–Crippen LogP) is 7.56. The summed E-state index contributed by atoms with van der Waals surface area (Å²) in [6.45, 7) is 6.69. The van der Waals surface area contributed by atoms with Crippen LogP contribution in [0.2, 0.25) is 0 Å². The van der Waals surface area contributed by atoms with Crippen molar-refractivity contribution in [2.45, 2.75) is 46.1 Å². The van der Waals surface area contributed by atoms with E-state index in [2.05, 4.69) is 84.5 Å². The Morgan fingerprint density at radius 3 is 2.49 bits per heavy atom. The van der Waals surface area contributed by atoms with Crippen LogP contribution < -0.4 is 10.1 Å². The summed E-state index contributed by atoms with van der Waals surface area (Å²) < 4.78 is 8.06. The normalized spacial score (nSPS) is 12.5. The number of nitrogens with one attached hydrogen (secondary N) is 1. The maximum atomic E-state index is 12.9. The molecule has 39 heavy (non-hydrogen) atoms. The summed E-state index contributed by atoms with van der Waals surface area (Å²) in [4.78, 5) is 23.6. The molecule has 3 aromatic carbocycles. The van der Waals surface area contributed by atoms with E-state index >= 15 is 0 Å². The fourth-order valence-electron chi connectivity index (χ4n) is 4.76. The number of carboxylic acids is 1. The van der Waals surface area contributed by atoms with Crippen LogP contribution in [0.5, 0.6) is 5.75 Å². The van der Waals surface area contributed by atoms with Gasteiger partial charge >= 0.3 is 5.97 Å². The lowest BCUT2D eigenvalue weighted by molar-refractivity contribution is -0.137. The van der Waals surface area contributed by atoms with Gasteiger partial charge in [0, 0.05) is 29.6 Å². The third-order valence-corrected chi connectivity index (χ3v) is 6.68. The van der Waals surface area contributed by atoms with E-state index in [-0.39, 0.29) is 25.0 Å². The van der Waals surface area contributed by atoms with Gasteiger partial charge in [-0.1, -0.05) is 62.4 Å².